The van der Waals surface area contributed by atoms with Crippen molar-refractivity contribution in [1.82, 2.24) is 0 Å². The van der Waals surface area contributed by atoms with Gasteiger partial charge in [-0.1, -0.05) is 36.4 Å². The van der Waals surface area contributed by atoms with Gasteiger partial charge in [-0.25, -0.2) is 0 Å². The van der Waals surface area contributed by atoms with Crippen LogP contribution in [0, 0.1) is 0 Å². The van der Waals surface area contributed by atoms with E-state index in [0.29, 0.717) is 36.0 Å². The number of quaternary nitrogens is 1. The van der Waals surface area contributed by atoms with Crippen LogP contribution in [0.3, 0.4) is 0 Å². The van der Waals surface area contributed by atoms with Crippen molar-refractivity contribution in [3.05, 3.63) is 89.0 Å². The third-order valence-electron chi connectivity index (χ3n) is 5.78. The molecule has 0 aromatic heterocycles. The van der Waals surface area contributed by atoms with Crippen molar-refractivity contribution in [2.24, 2.45) is 0 Å². The van der Waals surface area contributed by atoms with E-state index in [9.17, 15) is 4.79 Å². The molecular formula is C25H25N2O3+. The SMILES string of the molecule is O=C(Nc1ccc2c(c1)OCCO2)c1ccc(C[NH+]2CCc3ccccc3C2)cc1. The highest BCUT2D eigenvalue weighted by Gasteiger charge is 2.19. The van der Waals surface area contributed by atoms with Crippen molar-refractivity contribution in [3.8, 4) is 11.5 Å². The minimum absolute atomic E-state index is 0.127. The van der Waals surface area contributed by atoms with Gasteiger partial charge in [-0.05, 0) is 29.8 Å². The molecule has 3 aromatic carbocycles. The van der Waals surface area contributed by atoms with Gasteiger partial charge in [0.2, 0.25) is 0 Å². The number of nitrogens with one attached hydrogen (secondary N) is 2. The van der Waals surface area contributed by atoms with Gasteiger partial charge in [0, 0.05) is 34.9 Å². The predicted octanol–water partition coefficient (Wildman–Crippen LogP) is 2.85. The maximum absolute atomic E-state index is 12.6. The summed E-state index contributed by atoms with van der Waals surface area (Å²) in [6.45, 7) is 4.25. The Kier molecular flexibility index (Phi) is 5.11. The molecule has 0 bridgehead atoms. The van der Waals surface area contributed by atoms with E-state index in [2.05, 4.69) is 41.7 Å². The average Bonchev–Trinajstić information content (AvgIpc) is 2.79. The summed E-state index contributed by atoms with van der Waals surface area (Å²) >= 11 is 0. The Morgan fingerprint density at radius 3 is 2.50 bits per heavy atom. The van der Waals surface area contributed by atoms with E-state index in [4.69, 9.17) is 9.47 Å². The quantitative estimate of drug-likeness (QED) is 0.707. The lowest BCUT2D eigenvalue weighted by atomic mass is 9.99. The Morgan fingerprint density at radius 1 is 0.900 bits per heavy atom. The highest BCUT2D eigenvalue weighted by molar-refractivity contribution is 6.04. The first-order valence-electron chi connectivity index (χ1n) is 10.4. The van der Waals surface area contributed by atoms with Gasteiger partial charge < -0.3 is 19.7 Å². The normalized spacial score (nSPS) is 17.1. The second-order valence-electron chi connectivity index (χ2n) is 7.88. The molecule has 0 saturated carbocycles. The van der Waals surface area contributed by atoms with Crippen molar-refractivity contribution in [1.29, 1.82) is 0 Å². The monoisotopic (exact) mass is 401 g/mol. The van der Waals surface area contributed by atoms with Crippen molar-refractivity contribution in [3.63, 3.8) is 0 Å². The molecule has 0 aliphatic carbocycles. The smallest absolute Gasteiger partial charge is 0.255 e. The van der Waals surface area contributed by atoms with Crippen molar-refractivity contribution >= 4 is 11.6 Å². The van der Waals surface area contributed by atoms with Gasteiger partial charge in [0.25, 0.3) is 5.91 Å². The number of ether oxygens (including phenoxy) is 2. The molecular weight excluding hydrogens is 376 g/mol. The average molecular weight is 401 g/mol. The minimum Gasteiger partial charge on any atom is -0.486 e. The van der Waals surface area contributed by atoms with E-state index in [-0.39, 0.29) is 5.91 Å². The molecule has 5 heteroatoms. The van der Waals surface area contributed by atoms with Gasteiger partial charge in [-0.3, -0.25) is 4.79 Å². The van der Waals surface area contributed by atoms with Crippen LogP contribution in [0.25, 0.3) is 0 Å². The third kappa shape index (κ3) is 4.02. The molecule has 5 rings (SSSR count). The van der Waals surface area contributed by atoms with Crippen LogP contribution >= 0.6 is 0 Å². The fourth-order valence-electron chi connectivity index (χ4n) is 4.18. The van der Waals surface area contributed by atoms with E-state index < -0.39 is 0 Å². The lowest BCUT2D eigenvalue weighted by Crippen LogP contribution is -3.10. The molecule has 2 aliphatic heterocycles. The highest BCUT2D eigenvalue weighted by Crippen LogP contribution is 2.32. The third-order valence-corrected chi connectivity index (χ3v) is 5.78. The maximum atomic E-state index is 12.6. The van der Waals surface area contributed by atoms with Crippen LogP contribution in [0.5, 0.6) is 11.5 Å². The van der Waals surface area contributed by atoms with E-state index in [1.54, 1.807) is 11.0 Å². The van der Waals surface area contributed by atoms with Crippen LogP contribution in [0.2, 0.25) is 0 Å². The molecule has 1 unspecified atom stereocenters. The molecule has 2 aliphatic rings. The summed E-state index contributed by atoms with van der Waals surface area (Å²) in [7, 11) is 0. The molecule has 2 N–H and O–H groups in total. The molecule has 3 aromatic rings. The van der Waals surface area contributed by atoms with E-state index >= 15 is 0 Å². The molecule has 5 nitrogen and oxygen atoms in total. The largest absolute Gasteiger partial charge is 0.486 e. The molecule has 0 fully saturated rings. The molecule has 152 valence electrons. The van der Waals surface area contributed by atoms with Gasteiger partial charge in [-0.15, -0.1) is 0 Å². The standard InChI is InChI=1S/C25H24N2O3/c28-25(26-22-9-10-23-24(15-22)30-14-13-29-23)20-7-5-18(6-8-20)16-27-12-11-19-3-1-2-4-21(19)17-27/h1-10,15H,11-14,16-17H2,(H,26,28)/p+1. The van der Waals surface area contributed by atoms with E-state index in [0.717, 1.165) is 26.1 Å². The van der Waals surface area contributed by atoms with Gasteiger partial charge in [-0.2, -0.15) is 0 Å². The number of hydrogen-bond donors (Lipinski definition) is 2. The van der Waals surface area contributed by atoms with Gasteiger partial charge in [0.15, 0.2) is 11.5 Å². The first-order valence-corrected chi connectivity index (χ1v) is 10.4. The summed E-state index contributed by atoms with van der Waals surface area (Å²) in [6.07, 6.45) is 1.13. The van der Waals surface area contributed by atoms with Crippen LogP contribution in [0.15, 0.2) is 66.7 Å². The van der Waals surface area contributed by atoms with Crippen LogP contribution in [-0.4, -0.2) is 25.7 Å². The van der Waals surface area contributed by atoms with Crippen LogP contribution in [0.1, 0.15) is 27.0 Å². The zero-order valence-electron chi connectivity index (χ0n) is 16.8. The number of carbonyl (C=O) groups excluding carboxylic acids is 1. The second-order valence-corrected chi connectivity index (χ2v) is 7.88. The van der Waals surface area contributed by atoms with Crippen molar-refractivity contribution < 1.29 is 19.2 Å². The van der Waals surface area contributed by atoms with Gasteiger partial charge in [0.05, 0.1) is 6.54 Å². The van der Waals surface area contributed by atoms with Crippen LogP contribution in [0.4, 0.5) is 5.69 Å². The van der Waals surface area contributed by atoms with Crippen molar-refractivity contribution in [2.75, 3.05) is 25.1 Å². The number of amides is 1. The maximum Gasteiger partial charge on any atom is 0.255 e. The molecule has 1 amide bonds. The number of hydrogen-bond acceptors (Lipinski definition) is 3. The molecule has 1 atom stereocenters. The minimum atomic E-state index is -0.127. The lowest BCUT2D eigenvalue weighted by Gasteiger charge is -2.26. The lowest BCUT2D eigenvalue weighted by molar-refractivity contribution is -0.929. The van der Waals surface area contributed by atoms with Crippen molar-refractivity contribution in [2.45, 2.75) is 19.5 Å². The number of rotatable bonds is 4. The zero-order valence-corrected chi connectivity index (χ0v) is 16.8. The summed E-state index contributed by atoms with van der Waals surface area (Å²) in [5.41, 5.74) is 5.53. The molecule has 30 heavy (non-hydrogen) atoms. The number of benzene rings is 3. The first kappa shape index (κ1) is 18.7. The zero-order chi connectivity index (χ0) is 20.3. The second kappa shape index (κ2) is 8.20. The summed E-state index contributed by atoms with van der Waals surface area (Å²) in [5, 5.41) is 2.94. The molecule has 0 spiro atoms. The van der Waals surface area contributed by atoms with Crippen LogP contribution in [-0.2, 0) is 19.5 Å². The fraction of sp³-hybridized carbons (Fsp3) is 0.240. The molecule has 2 heterocycles. The van der Waals surface area contributed by atoms with Gasteiger partial charge >= 0.3 is 0 Å². The topological polar surface area (TPSA) is 52.0 Å². The Morgan fingerprint density at radius 2 is 1.67 bits per heavy atom. The Bertz CT molecular complexity index is 1060. The van der Waals surface area contributed by atoms with E-state index in [1.165, 1.54) is 16.7 Å². The fourth-order valence-corrected chi connectivity index (χ4v) is 4.18. The number of fused-ring (bicyclic) bond motifs is 2. The van der Waals surface area contributed by atoms with Gasteiger partial charge in [0.1, 0.15) is 26.3 Å². The Hall–Kier alpha value is -3.31. The number of carbonyl (C=O) groups is 1. The molecule has 0 saturated heterocycles. The highest BCUT2D eigenvalue weighted by atomic mass is 16.6. The Labute approximate surface area is 176 Å². The Balaban J connectivity index is 1.21. The van der Waals surface area contributed by atoms with Crippen LogP contribution < -0.4 is 19.7 Å². The predicted molar refractivity (Wildman–Crippen MR) is 115 cm³/mol. The summed E-state index contributed by atoms with van der Waals surface area (Å²) in [5.74, 6) is 1.25. The molecule has 0 radical (unpaired) electrons. The summed E-state index contributed by atoms with van der Waals surface area (Å²) in [4.78, 5) is 14.2. The van der Waals surface area contributed by atoms with E-state index in [1.807, 2.05) is 24.3 Å². The summed E-state index contributed by atoms with van der Waals surface area (Å²) < 4.78 is 11.1. The first-order chi connectivity index (χ1) is 14.7. The summed E-state index contributed by atoms with van der Waals surface area (Å²) in [6, 6.07) is 22.1. The number of anilines is 1.